The number of hydrogen-bond donors (Lipinski definition) is 3. The largest absolute Gasteiger partial charge is 0.495 e. The number of halogens is 3. The SMILES string of the molecule is COc1ccc(NC(N)=NCCC(=O)Nc2ccc(Br)cc2)cc1Cl.I. The zero-order valence-electron chi connectivity index (χ0n) is 14.0. The Bertz CT molecular complexity index is 772. The molecule has 2 rings (SSSR count). The van der Waals surface area contributed by atoms with E-state index in [4.69, 9.17) is 22.1 Å². The minimum atomic E-state index is -0.133. The standard InChI is InChI=1S/C17H18BrClN4O2.HI/c1-25-15-7-6-13(10-14(15)19)23-17(20)21-9-8-16(24)22-12-4-2-11(18)3-5-12;/h2-7,10H,8-9H2,1H3,(H,22,24)(H3,20,21,23);1H. The number of ether oxygens (including phenoxy) is 1. The number of carbonyl (C=O) groups excluding carboxylic acids is 1. The van der Waals surface area contributed by atoms with E-state index in [-0.39, 0.29) is 48.8 Å². The van der Waals surface area contributed by atoms with Gasteiger partial charge in [-0.05, 0) is 42.5 Å². The number of carbonyl (C=O) groups is 1. The van der Waals surface area contributed by atoms with Gasteiger partial charge in [-0.25, -0.2) is 0 Å². The molecule has 0 aliphatic rings. The zero-order chi connectivity index (χ0) is 18.2. The molecule has 9 heteroatoms. The molecule has 0 aliphatic carbocycles. The van der Waals surface area contributed by atoms with Crippen LogP contribution in [0.3, 0.4) is 0 Å². The molecule has 1 amide bonds. The lowest BCUT2D eigenvalue weighted by Gasteiger charge is -2.08. The number of aliphatic imine (C=N–C) groups is 1. The minimum Gasteiger partial charge on any atom is -0.495 e. The van der Waals surface area contributed by atoms with Crippen LogP contribution in [0.25, 0.3) is 0 Å². The number of amides is 1. The third-order valence-corrected chi connectivity index (χ3v) is 4.00. The average Bonchev–Trinajstić information content (AvgIpc) is 2.57. The van der Waals surface area contributed by atoms with E-state index < -0.39 is 0 Å². The van der Waals surface area contributed by atoms with Crippen LogP contribution in [-0.2, 0) is 4.79 Å². The smallest absolute Gasteiger partial charge is 0.226 e. The summed E-state index contributed by atoms with van der Waals surface area (Å²) in [5.74, 6) is 0.649. The highest BCUT2D eigenvalue weighted by Crippen LogP contribution is 2.27. The van der Waals surface area contributed by atoms with Crippen molar-refractivity contribution in [2.75, 3.05) is 24.3 Å². The summed E-state index contributed by atoms with van der Waals surface area (Å²) in [4.78, 5) is 16.0. The molecule has 0 atom stereocenters. The van der Waals surface area contributed by atoms with Gasteiger partial charge < -0.3 is 21.1 Å². The van der Waals surface area contributed by atoms with Gasteiger partial charge in [-0.2, -0.15) is 0 Å². The summed E-state index contributed by atoms with van der Waals surface area (Å²) in [7, 11) is 1.55. The van der Waals surface area contributed by atoms with Crippen molar-refractivity contribution in [1.29, 1.82) is 0 Å². The maximum absolute atomic E-state index is 11.9. The van der Waals surface area contributed by atoms with E-state index in [1.54, 1.807) is 25.3 Å². The maximum Gasteiger partial charge on any atom is 0.226 e. The summed E-state index contributed by atoms with van der Waals surface area (Å²) in [5, 5.41) is 6.17. The van der Waals surface area contributed by atoms with Crippen molar-refractivity contribution in [2.45, 2.75) is 6.42 Å². The first-order chi connectivity index (χ1) is 12.0. The third kappa shape index (κ3) is 7.38. The molecule has 2 aromatic carbocycles. The molecule has 0 aromatic heterocycles. The number of hydrogen-bond acceptors (Lipinski definition) is 3. The van der Waals surface area contributed by atoms with Gasteiger partial charge in [0.1, 0.15) is 5.75 Å². The van der Waals surface area contributed by atoms with Crippen LogP contribution in [0.5, 0.6) is 5.75 Å². The van der Waals surface area contributed by atoms with E-state index in [0.717, 1.165) is 10.2 Å². The topological polar surface area (TPSA) is 88.7 Å². The quantitative estimate of drug-likeness (QED) is 0.280. The Balaban J connectivity index is 0.00000338. The average molecular weight is 554 g/mol. The Morgan fingerprint density at radius 2 is 1.85 bits per heavy atom. The number of nitrogens with zero attached hydrogens (tertiary/aromatic N) is 1. The molecule has 2 aromatic rings. The summed E-state index contributed by atoms with van der Waals surface area (Å²) in [6, 6.07) is 12.5. The molecule has 0 aliphatic heterocycles. The zero-order valence-corrected chi connectivity index (χ0v) is 18.6. The molecule has 0 spiro atoms. The lowest BCUT2D eigenvalue weighted by Crippen LogP contribution is -2.23. The number of methoxy groups -OCH3 is 1. The van der Waals surface area contributed by atoms with Crippen molar-refractivity contribution < 1.29 is 9.53 Å². The number of benzene rings is 2. The van der Waals surface area contributed by atoms with Gasteiger partial charge in [-0.1, -0.05) is 27.5 Å². The van der Waals surface area contributed by atoms with Crippen molar-refractivity contribution in [3.8, 4) is 5.75 Å². The Hall–Kier alpha value is -1.52. The maximum atomic E-state index is 11.9. The Labute approximate surface area is 182 Å². The highest BCUT2D eigenvalue weighted by Gasteiger charge is 2.04. The first-order valence-corrected chi connectivity index (χ1v) is 8.61. The first kappa shape index (κ1) is 22.5. The highest BCUT2D eigenvalue weighted by atomic mass is 127. The lowest BCUT2D eigenvalue weighted by atomic mass is 10.3. The molecule has 140 valence electrons. The number of guanidine groups is 1. The van der Waals surface area contributed by atoms with Crippen LogP contribution in [0.2, 0.25) is 5.02 Å². The molecular formula is C17H19BrClIN4O2. The van der Waals surface area contributed by atoms with Crippen molar-refractivity contribution in [3.63, 3.8) is 0 Å². The van der Waals surface area contributed by atoms with E-state index in [2.05, 4.69) is 31.6 Å². The number of nitrogens with two attached hydrogens (primary N) is 1. The van der Waals surface area contributed by atoms with Gasteiger partial charge in [0.05, 0.1) is 18.7 Å². The number of rotatable bonds is 6. The van der Waals surface area contributed by atoms with Gasteiger partial charge >= 0.3 is 0 Å². The summed E-state index contributed by atoms with van der Waals surface area (Å²) < 4.78 is 6.03. The van der Waals surface area contributed by atoms with Crippen LogP contribution in [0.1, 0.15) is 6.42 Å². The van der Waals surface area contributed by atoms with Gasteiger partial charge in [0.15, 0.2) is 5.96 Å². The summed E-state index contributed by atoms with van der Waals surface area (Å²) in [5.41, 5.74) is 7.23. The van der Waals surface area contributed by atoms with Crippen molar-refractivity contribution >= 4 is 74.7 Å². The third-order valence-electron chi connectivity index (χ3n) is 3.17. The molecule has 0 radical (unpaired) electrons. The second-order valence-electron chi connectivity index (χ2n) is 5.05. The molecule has 26 heavy (non-hydrogen) atoms. The summed E-state index contributed by atoms with van der Waals surface area (Å²) >= 11 is 9.39. The predicted octanol–water partition coefficient (Wildman–Crippen LogP) is 4.48. The van der Waals surface area contributed by atoms with Gasteiger partial charge in [0, 0.05) is 22.3 Å². The van der Waals surface area contributed by atoms with Crippen molar-refractivity contribution in [1.82, 2.24) is 0 Å². The first-order valence-electron chi connectivity index (χ1n) is 7.44. The molecular weight excluding hydrogens is 534 g/mol. The van der Waals surface area contributed by atoms with Crippen LogP contribution in [-0.4, -0.2) is 25.5 Å². The normalized spacial score (nSPS) is 10.7. The van der Waals surface area contributed by atoms with E-state index in [1.165, 1.54) is 0 Å². The fraction of sp³-hybridized carbons (Fsp3) is 0.176. The van der Waals surface area contributed by atoms with Gasteiger partial charge in [-0.3, -0.25) is 9.79 Å². The molecule has 0 fully saturated rings. The molecule has 0 saturated heterocycles. The molecule has 0 bridgehead atoms. The fourth-order valence-electron chi connectivity index (χ4n) is 1.97. The molecule has 6 nitrogen and oxygen atoms in total. The second-order valence-corrected chi connectivity index (χ2v) is 6.37. The lowest BCUT2D eigenvalue weighted by molar-refractivity contribution is -0.116. The van der Waals surface area contributed by atoms with E-state index in [0.29, 0.717) is 16.5 Å². The van der Waals surface area contributed by atoms with E-state index in [1.807, 2.05) is 24.3 Å². The number of anilines is 2. The van der Waals surface area contributed by atoms with E-state index in [9.17, 15) is 4.79 Å². The van der Waals surface area contributed by atoms with Crippen molar-refractivity contribution in [3.05, 3.63) is 52.0 Å². The van der Waals surface area contributed by atoms with Crippen LogP contribution in [0, 0.1) is 0 Å². The molecule has 0 saturated carbocycles. The van der Waals surface area contributed by atoms with E-state index >= 15 is 0 Å². The number of nitrogens with one attached hydrogen (secondary N) is 2. The van der Waals surface area contributed by atoms with Crippen LogP contribution >= 0.6 is 51.5 Å². The van der Waals surface area contributed by atoms with Gasteiger partial charge in [-0.15, -0.1) is 24.0 Å². The Kier molecular flexibility index (Phi) is 9.74. The highest BCUT2D eigenvalue weighted by molar-refractivity contribution is 14.0. The predicted molar refractivity (Wildman–Crippen MR) is 121 cm³/mol. The molecule has 0 heterocycles. The monoisotopic (exact) mass is 552 g/mol. The second kappa shape index (κ2) is 11.2. The van der Waals surface area contributed by atoms with Gasteiger partial charge in [0.25, 0.3) is 0 Å². The van der Waals surface area contributed by atoms with Crippen LogP contribution in [0.15, 0.2) is 51.9 Å². The van der Waals surface area contributed by atoms with Crippen LogP contribution in [0.4, 0.5) is 11.4 Å². The Morgan fingerprint density at radius 1 is 1.19 bits per heavy atom. The molecule has 4 N–H and O–H groups in total. The van der Waals surface area contributed by atoms with Crippen molar-refractivity contribution in [2.24, 2.45) is 10.7 Å². The summed E-state index contributed by atoms with van der Waals surface area (Å²) in [6.07, 6.45) is 0.224. The van der Waals surface area contributed by atoms with Crippen LogP contribution < -0.4 is 21.1 Å². The molecule has 0 unspecified atom stereocenters. The Morgan fingerprint density at radius 3 is 2.46 bits per heavy atom. The summed E-state index contributed by atoms with van der Waals surface area (Å²) in [6.45, 7) is 0.269. The fourth-order valence-corrected chi connectivity index (χ4v) is 2.49. The van der Waals surface area contributed by atoms with Gasteiger partial charge in [0.2, 0.25) is 5.91 Å². The minimum absolute atomic E-state index is 0.